The highest BCUT2D eigenvalue weighted by molar-refractivity contribution is 5.78. The Morgan fingerprint density at radius 2 is 2.15 bits per heavy atom. The first-order valence-corrected chi connectivity index (χ1v) is 7.28. The Kier molecular flexibility index (Phi) is 4.27. The van der Waals surface area contributed by atoms with E-state index in [9.17, 15) is 4.79 Å². The summed E-state index contributed by atoms with van der Waals surface area (Å²) >= 11 is 0. The van der Waals surface area contributed by atoms with Gasteiger partial charge in [-0.05, 0) is 6.42 Å². The van der Waals surface area contributed by atoms with E-state index in [1.54, 1.807) is 6.33 Å². The van der Waals surface area contributed by atoms with Crippen LogP contribution in [0.15, 0.2) is 12.7 Å². The van der Waals surface area contributed by atoms with Crippen molar-refractivity contribution in [2.24, 2.45) is 0 Å². The number of hydrogen-bond donors (Lipinski definition) is 0. The molecule has 3 rings (SSSR count). The predicted octanol–water partition coefficient (Wildman–Crippen LogP) is 0.121. The van der Waals surface area contributed by atoms with Crippen LogP contribution in [0.1, 0.15) is 25.4 Å². The van der Waals surface area contributed by atoms with Crippen molar-refractivity contribution in [2.75, 3.05) is 39.4 Å². The maximum Gasteiger partial charge on any atom is 0.224 e. The van der Waals surface area contributed by atoms with Crippen molar-refractivity contribution in [3.8, 4) is 0 Å². The van der Waals surface area contributed by atoms with Gasteiger partial charge in [0.25, 0.3) is 0 Å². The molecule has 0 saturated carbocycles. The molecule has 7 nitrogen and oxygen atoms in total. The molecule has 3 heterocycles. The number of ether oxygens (including phenoxy) is 1. The molecule has 1 aromatic rings. The Balaban J connectivity index is 1.64. The molecule has 1 atom stereocenters. The molecule has 2 saturated heterocycles. The van der Waals surface area contributed by atoms with E-state index in [0.717, 1.165) is 52.2 Å². The van der Waals surface area contributed by atoms with Crippen LogP contribution in [0, 0.1) is 0 Å². The molecule has 0 N–H and O–H groups in total. The lowest BCUT2D eigenvalue weighted by molar-refractivity contribution is -0.132. The fourth-order valence-electron chi connectivity index (χ4n) is 2.91. The standard InChI is InChI=1S/C13H21N5O2/c19-13-2-1-4-17(13)12(18-11-14-10-15-18)3-5-16-6-8-20-9-7-16/h10-12H,1-9H2. The van der Waals surface area contributed by atoms with Gasteiger partial charge in [-0.15, -0.1) is 0 Å². The third kappa shape index (κ3) is 2.99. The van der Waals surface area contributed by atoms with E-state index in [1.165, 1.54) is 6.33 Å². The first-order chi connectivity index (χ1) is 9.84. The van der Waals surface area contributed by atoms with E-state index in [2.05, 4.69) is 15.0 Å². The Morgan fingerprint density at radius 1 is 1.30 bits per heavy atom. The van der Waals surface area contributed by atoms with E-state index < -0.39 is 0 Å². The Bertz CT molecular complexity index is 430. The molecule has 0 radical (unpaired) electrons. The number of amides is 1. The van der Waals surface area contributed by atoms with E-state index in [4.69, 9.17) is 4.74 Å². The molecule has 7 heteroatoms. The Morgan fingerprint density at radius 3 is 2.80 bits per heavy atom. The van der Waals surface area contributed by atoms with Crippen molar-refractivity contribution in [3.05, 3.63) is 12.7 Å². The predicted molar refractivity (Wildman–Crippen MR) is 71.9 cm³/mol. The number of hydrogen-bond acceptors (Lipinski definition) is 5. The zero-order valence-electron chi connectivity index (χ0n) is 11.6. The van der Waals surface area contributed by atoms with E-state index in [-0.39, 0.29) is 12.1 Å². The average molecular weight is 279 g/mol. The summed E-state index contributed by atoms with van der Waals surface area (Å²) in [6, 6.07) is 0. The second-order valence-corrected chi connectivity index (χ2v) is 5.29. The van der Waals surface area contributed by atoms with Crippen LogP contribution in [-0.4, -0.2) is 69.9 Å². The highest BCUT2D eigenvalue weighted by Crippen LogP contribution is 2.23. The summed E-state index contributed by atoms with van der Waals surface area (Å²) in [5.74, 6) is 0.229. The zero-order chi connectivity index (χ0) is 13.8. The molecular weight excluding hydrogens is 258 g/mol. The quantitative estimate of drug-likeness (QED) is 0.766. The largest absolute Gasteiger partial charge is 0.379 e. The van der Waals surface area contributed by atoms with Crippen LogP contribution in [0.2, 0.25) is 0 Å². The minimum absolute atomic E-state index is 0.00431. The van der Waals surface area contributed by atoms with Gasteiger partial charge in [-0.1, -0.05) is 0 Å². The lowest BCUT2D eigenvalue weighted by Gasteiger charge is -2.32. The fourth-order valence-corrected chi connectivity index (χ4v) is 2.91. The van der Waals surface area contributed by atoms with Crippen LogP contribution in [-0.2, 0) is 9.53 Å². The van der Waals surface area contributed by atoms with Crippen molar-refractivity contribution in [3.63, 3.8) is 0 Å². The molecule has 0 aliphatic carbocycles. The first-order valence-electron chi connectivity index (χ1n) is 7.28. The van der Waals surface area contributed by atoms with Crippen LogP contribution in [0.25, 0.3) is 0 Å². The van der Waals surface area contributed by atoms with E-state index in [1.807, 2.05) is 9.58 Å². The minimum atomic E-state index is -0.00431. The van der Waals surface area contributed by atoms with Gasteiger partial charge in [-0.3, -0.25) is 9.69 Å². The highest BCUT2D eigenvalue weighted by Gasteiger charge is 2.29. The molecule has 110 valence electrons. The van der Waals surface area contributed by atoms with Gasteiger partial charge in [-0.25, -0.2) is 9.67 Å². The summed E-state index contributed by atoms with van der Waals surface area (Å²) in [6.07, 6.45) is 5.72. The van der Waals surface area contributed by atoms with Gasteiger partial charge in [0.2, 0.25) is 5.91 Å². The molecule has 2 aliphatic rings. The van der Waals surface area contributed by atoms with Crippen LogP contribution < -0.4 is 0 Å². The van der Waals surface area contributed by atoms with Crippen LogP contribution in [0.5, 0.6) is 0 Å². The van der Waals surface area contributed by atoms with E-state index in [0.29, 0.717) is 6.42 Å². The van der Waals surface area contributed by atoms with Gasteiger partial charge >= 0.3 is 0 Å². The SMILES string of the molecule is O=C1CCCN1C(CCN1CCOCC1)n1cncn1. The molecule has 0 bridgehead atoms. The third-order valence-electron chi connectivity index (χ3n) is 4.02. The van der Waals surface area contributed by atoms with Crippen molar-refractivity contribution in [1.29, 1.82) is 0 Å². The van der Waals surface area contributed by atoms with Crippen molar-refractivity contribution in [2.45, 2.75) is 25.4 Å². The molecule has 2 fully saturated rings. The summed E-state index contributed by atoms with van der Waals surface area (Å²) in [4.78, 5) is 20.3. The lowest BCUT2D eigenvalue weighted by atomic mass is 10.2. The normalized spacial score (nSPS) is 22.4. The fraction of sp³-hybridized carbons (Fsp3) is 0.769. The second-order valence-electron chi connectivity index (χ2n) is 5.29. The molecule has 1 amide bonds. The smallest absolute Gasteiger partial charge is 0.224 e. The van der Waals surface area contributed by atoms with Crippen molar-refractivity contribution >= 4 is 5.91 Å². The van der Waals surface area contributed by atoms with Gasteiger partial charge in [0.15, 0.2) is 0 Å². The van der Waals surface area contributed by atoms with Crippen LogP contribution >= 0.6 is 0 Å². The summed E-state index contributed by atoms with van der Waals surface area (Å²) in [7, 11) is 0. The molecule has 2 aliphatic heterocycles. The van der Waals surface area contributed by atoms with Crippen molar-refractivity contribution in [1.82, 2.24) is 24.6 Å². The second kappa shape index (κ2) is 6.32. The maximum absolute atomic E-state index is 12.0. The number of rotatable bonds is 5. The van der Waals surface area contributed by atoms with Gasteiger partial charge in [0, 0.05) is 39.0 Å². The van der Waals surface area contributed by atoms with Crippen LogP contribution in [0.3, 0.4) is 0 Å². The zero-order valence-corrected chi connectivity index (χ0v) is 11.6. The Labute approximate surface area is 118 Å². The summed E-state index contributed by atoms with van der Waals surface area (Å²) < 4.78 is 7.17. The number of carbonyl (C=O) groups is 1. The van der Waals surface area contributed by atoms with E-state index >= 15 is 0 Å². The minimum Gasteiger partial charge on any atom is -0.379 e. The monoisotopic (exact) mass is 279 g/mol. The molecule has 0 spiro atoms. The highest BCUT2D eigenvalue weighted by atomic mass is 16.5. The molecule has 0 aromatic carbocycles. The summed E-state index contributed by atoms with van der Waals surface area (Å²) in [5, 5.41) is 4.23. The third-order valence-corrected chi connectivity index (χ3v) is 4.02. The number of nitrogens with zero attached hydrogens (tertiary/aromatic N) is 5. The number of aromatic nitrogens is 3. The lowest BCUT2D eigenvalue weighted by Crippen LogP contribution is -2.40. The average Bonchev–Trinajstić information content (AvgIpc) is 3.13. The summed E-state index contributed by atoms with van der Waals surface area (Å²) in [6.45, 7) is 5.33. The molecule has 1 unspecified atom stereocenters. The van der Waals surface area contributed by atoms with Gasteiger partial charge in [-0.2, -0.15) is 5.10 Å². The number of likely N-dealkylation sites (tertiary alicyclic amines) is 1. The summed E-state index contributed by atoms with van der Waals surface area (Å²) in [5.41, 5.74) is 0. The molecular formula is C13H21N5O2. The number of carbonyl (C=O) groups excluding carboxylic acids is 1. The molecule has 20 heavy (non-hydrogen) atoms. The Hall–Kier alpha value is -1.47. The first kappa shape index (κ1) is 13.5. The molecule has 1 aromatic heterocycles. The topological polar surface area (TPSA) is 63.5 Å². The number of morpholine rings is 1. The maximum atomic E-state index is 12.0. The van der Waals surface area contributed by atoms with Gasteiger partial charge in [0.1, 0.15) is 18.8 Å². The van der Waals surface area contributed by atoms with Gasteiger partial charge < -0.3 is 9.64 Å². The van der Waals surface area contributed by atoms with Gasteiger partial charge in [0.05, 0.1) is 13.2 Å². The van der Waals surface area contributed by atoms with Crippen LogP contribution in [0.4, 0.5) is 0 Å². The van der Waals surface area contributed by atoms with Crippen molar-refractivity contribution < 1.29 is 9.53 Å².